The Bertz CT molecular complexity index is 702. The molecule has 0 radical (unpaired) electrons. The summed E-state index contributed by atoms with van der Waals surface area (Å²) in [6, 6.07) is 11.8. The largest absolute Gasteiger partial charge is 0.481 e. The zero-order valence-electron chi connectivity index (χ0n) is 14.8. The van der Waals surface area contributed by atoms with Gasteiger partial charge in [0.15, 0.2) is 6.10 Å². The first-order valence-corrected chi connectivity index (χ1v) is 8.46. The van der Waals surface area contributed by atoms with Crippen LogP contribution in [-0.2, 0) is 4.79 Å². The van der Waals surface area contributed by atoms with Gasteiger partial charge in [0.05, 0.1) is 6.04 Å². The molecule has 2 aromatic carbocycles. The van der Waals surface area contributed by atoms with Crippen LogP contribution in [0.25, 0.3) is 0 Å². The molecule has 0 spiro atoms. The summed E-state index contributed by atoms with van der Waals surface area (Å²) in [5.74, 6) is 0.508. The van der Waals surface area contributed by atoms with Crippen LogP contribution < -0.4 is 10.1 Å². The average Bonchev–Trinajstić information content (AvgIpc) is 2.52. The van der Waals surface area contributed by atoms with Crippen LogP contribution in [0.5, 0.6) is 5.75 Å². The van der Waals surface area contributed by atoms with E-state index in [4.69, 9.17) is 16.3 Å². The second kappa shape index (κ2) is 7.71. The van der Waals surface area contributed by atoms with Gasteiger partial charge in [-0.2, -0.15) is 0 Å². The summed E-state index contributed by atoms with van der Waals surface area (Å²) < 4.78 is 5.78. The molecule has 0 bridgehead atoms. The highest BCUT2D eigenvalue weighted by atomic mass is 35.5. The van der Waals surface area contributed by atoms with E-state index in [1.54, 1.807) is 6.92 Å². The molecule has 0 aliphatic rings. The van der Waals surface area contributed by atoms with Gasteiger partial charge in [0.1, 0.15) is 5.75 Å². The van der Waals surface area contributed by atoms with Crippen molar-refractivity contribution in [3.63, 3.8) is 0 Å². The first-order valence-electron chi connectivity index (χ1n) is 8.08. The number of rotatable bonds is 5. The van der Waals surface area contributed by atoms with Crippen molar-refractivity contribution in [2.24, 2.45) is 0 Å². The van der Waals surface area contributed by atoms with Gasteiger partial charge in [0.25, 0.3) is 5.91 Å². The third kappa shape index (κ3) is 4.51. The highest BCUT2D eigenvalue weighted by Crippen LogP contribution is 2.26. The van der Waals surface area contributed by atoms with E-state index < -0.39 is 6.10 Å². The summed E-state index contributed by atoms with van der Waals surface area (Å²) in [6.45, 7) is 9.60. The van der Waals surface area contributed by atoms with Crippen molar-refractivity contribution in [2.45, 2.75) is 46.8 Å². The van der Waals surface area contributed by atoms with Crippen molar-refractivity contribution in [1.82, 2.24) is 5.32 Å². The number of hydrogen-bond acceptors (Lipinski definition) is 2. The Hall–Kier alpha value is -2.00. The van der Waals surface area contributed by atoms with E-state index in [0.29, 0.717) is 5.75 Å². The molecule has 0 saturated heterocycles. The molecule has 0 saturated carbocycles. The first kappa shape index (κ1) is 18.3. The van der Waals surface area contributed by atoms with Crippen molar-refractivity contribution in [3.05, 3.63) is 63.7 Å². The fraction of sp³-hybridized carbons (Fsp3) is 0.350. The van der Waals surface area contributed by atoms with Crippen molar-refractivity contribution in [2.75, 3.05) is 0 Å². The maximum absolute atomic E-state index is 12.4. The van der Waals surface area contributed by atoms with Crippen LogP contribution in [0.3, 0.4) is 0 Å². The molecule has 24 heavy (non-hydrogen) atoms. The van der Waals surface area contributed by atoms with Crippen LogP contribution >= 0.6 is 11.6 Å². The number of carbonyl (C=O) groups is 1. The van der Waals surface area contributed by atoms with Gasteiger partial charge in [-0.05, 0) is 63.4 Å². The van der Waals surface area contributed by atoms with Crippen LogP contribution in [0.1, 0.15) is 42.1 Å². The number of carbonyl (C=O) groups excluding carboxylic acids is 1. The van der Waals surface area contributed by atoms with Gasteiger partial charge < -0.3 is 10.1 Å². The summed E-state index contributed by atoms with van der Waals surface area (Å²) >= 11 is 6.16. The lowest BCUT2D eigenvalue weighted by Gasteiger charge is -2.20. The topological polar surface area (TPSA) is 38.3 Å². The number of hydrogen-bond donors (Lipinski definition) is 1. The Morgan fingerprint density at radius 2 is 1.58 bits per heavy atom. The molecule has 2 rings (SSSR count). The highest BCUT2D eigenvalue weighted by molar-refractivity contribution is 6.32. The number of amides is 1. The quantitative estimate of drug-likeness (QED) is 0.836. The van der Waals surface area contributed by atoms with Gasteiger partial charge in [-0.25, -0.2) is 0 Å². The second-order valence-electron chi connectivity index (χ2n) is 6.27. The number of ether oxygens (including phenoxy) is 1. The molecule has 2 atom stereocenters. The predicted octanol–water partition coefficient (Wildman–Crippen LogP) is 4.91. The fourth-order valence-electron chi connectivity index (χ4n) is 2.50. The normalized spacial score (nSPS) is 13.2. The van der Waals surface area contributed by atoms with E-state index in [-0.39, 0.29) is 11.9 Å². The smallest absolute Gasteiger partial charge is 0.261 e. The summed E-state index contributed by atoms with van der Waals surface area (Å²) in [5.41, 5.74) is 4.14. The molecule has 1 amide bonds. The van der Waals surface area contributed by atoms with Crippen LogP contribution in [0.2, 0.25) is 5.02 Å². The van der Waals surface area contributed by atoms with Gasteiger partial charge in [0.2, 0.25) is 0 Å². The third-order valence-corrected chi connectivity index (χ3v) is 4.62. The minimum absolute atomic E-state index is 0.0714. The van der Waals surface area contributed by atoms with Crippen molar-refractivity contribution < 1.29 is 9.53 Å². The Labute approximate surface area is 149 Å². The molecule has 0 aromatic heterocycles. The van der Waals surface area contributed by atoms with Crippen LogP contribution in [-0.4, -0.2) is 12.0 Å². The minimum Gasteiger partial charge on any atom is -0.481 e. The van der Waals surface area contributed by atoms with E-state index >= 15 is 0 Å². The Morgan fingerprint density at radius 1 is 1.04 bits per heavy atom. The molecule has 1 N–H and O–H groups in total. The van der Waals surface area contributed by atoms with Crippen molar-refractivity contribution >= 4 is 17.5 Å². The SMILES string of the molecule is Cc1ccc([C@@H](C)NC(=O)[C@H](C)Oc2cc(C)c(Cl)c(C)c2)cc1. The van der Waals surface area contributed by atoms with E-state index in [1.807, 2.05) is 64.1 Å². The lowest BCUT2D eigenvalue weighted by atomic mass is 10.1. The van der Waals surface area contributed by atoms with Gasteiger partial charge in [-0.15, -0.1) is 0 Å². The van der Waals surface area contributed by atoms with Crippen LogP contribution in [0.4, 0.5) is 0 Å². The molecule has 0 aliphatic heterocycles. The molecule has 0 aliphatic carbocycles. The van der Waals surface area contributed by atoms with Crippen LogP contribution in [0.15, 0.2) is 36.4 Å². The molecule has 0 unspecified atom stereocenters. The predicted molar refractivity (Wildman–Crippen MR) is 98.8 cm³/mol. The minimum atomic E-state index is -0.585. The monoisotopic (exact) mass is 345 g/mol. The molecule has 128 valence electrons. The Kier molecular flexibility index (Phi) is 5.89. The number of benzene rings is 2. The van der Waals surface area contributed by atoms with E-state index in [2.05, 4.69) is 5.32 Å². The molecular formula is C20H24ClNO2. The molecule has 2 aromatic rings. The molecule has 3 nitrogen and oxygen atoms in total. The third-order valence-electron chi connectivity index (χ3n) is 4.03. The lowest BCUT2D eigenvalue weighted by Crippen LogP contribution is -2.37. The van der Waals surface area contributed by atoms with Crippen molar-refractivity contribution in [1.29, 1.82) is 0 Å². The van der Waals surface area contributed by atoms with Gasteiger partial charge in [0, 0.05) is 5.02 Å². The molecule has 4 heteroatoms. The Balaban J connectivity index is 2.00. The second-order valence-corrected chi connectivity index (χ2v) is 6.65. The maximum Gasteiger partial charge on any atom is 0.261 e. The van der Waals surface area contributed by atoms with E-state index in [1.165, 1.54) is 5.56 Å². The molecule has 0 fully saturated rings. The maximum atomic E-state index is 12.4. The zero-order valence-corrected chi connectivity index (χ0v) is 15.6. The lowest BCUT2D eigenvalue weighted by molar-refractivity contribution is -0.127. The van der Waals surface area contributed by atoms with E-state index in [9.17, 15) is 4.79 Å². The summed E-state index contributed by atoms with van der Waals surface area (Å²) in [4.78, 5) is 12.4. The van der Waals surface area contributed by atoms with Gasteiger partial charge in [-0.3, -0.25) is 4.79 Å². The molecule has 0 heterocycles. The summed E-state index contributed by atoms with van der Waals surface area (Å²) in [6.07, 6.45) is -0.585. The Morgan fingerprint density at radius 3 is 2.12 bits per heavy atom. The highest BCUT2D eigenvalue weighted by Gasteiger charge is 2.18. The first-order chi connectivity index (χ1) is 11.3. The number of aryl methyl sites for hydroxylation is 3. The number of nitrogens with one attached hydrogen (secondary N) is 1. The number of halogens is 1. The van der Waals surface area contributed by atoms with Gasteiger partial charge >= 0.3 is 0 Å². The summed E-state index contributed by atoms with van der Waals surface area (Å²) in [5, 5.41) is 3.72. The van der Waals surface area contributed by atoms with Crippen molar-refractivity contribution in [3.8, 4) is 5.75 Å². The average molecular weight is 346 g/mol. The standard InChI is InChI=1S/C20H24ClNO2/c1-12-6-8-17(9-7-12)15(4)22-20(23)16(5)24-18-10-13(2)19(21)14(3)11-18/h6-11,15-16H,1-5H3,(H,22,23)/t15-,16+/m1/s1. The molecular weight excluding hydrogens is 322 g/mol. The van der Waals surface area contributed by atoms with E-state index in [0.717, 1.165) is 21.7 Å². The van der Waals surface area contributed by atoms with Gasteiger partial charge in [-0.1, -0.05) is 41.4 Å². The van der Waals surface area contributed by atoms with Crippen LogP contribution in [0, 0.1) is 20.8 Å². The zero-order chi connectivity index (χ0) is 17.9. The summed E-state index contributed by atoms with van der Waals surface area (Å²) in [7, 11) is 0. The fourth-order valence-corrected chi connectivity index (χ4v) is 2.61.